The van der Waals surface area contributed by atoms with Crippen LogP contribution in [-0.2, 0) is 10.0 Å². The summed E-state index contributed by atoms with van der Waals surface area (Å²) in [6, 6.07) is 9.07. The topological polar surface area (TPSA) is 57.6 Å². The maximum atomic E-state index is 12.7. The van der Waals surface area contributed by atoms with E-state index in [9.17, 15) is 13.5 Å². The SMILES string of the molecule is CN(C)S(=O)(=O)C(c1ccccc1)C1(O)CCCCC1. The molecular weight excluding hydrogens is 274 g/mol. The van der Waals surface area contributed by atoms with Crippen molar-refractivity contribution in [3.63, 3.8) is 0 Å². The van der Waals surface area contributed by atoms with Crippen molar-refractivity contribution >= 4 is 10.0 Å². The second kappa shape index (κ2) is 5.84. The van der Waals surface area contributed by atoms with Crippen LogP contribution in [0.1, 0.15) is 42.9 Å². The molecule has 1 aliphatic rings. The number of hydrogen-bond donors (Lipinski definition) is 1. The van der Waals surface area contributed by atoms with Gasteiger partial charge in [-0.25, -0.2) is 12.7 Å². The van der Waals surface area contributed by atoms with Crippen molar-refractivity contribution in [2.75, 3.05) is 14.1 Å². The van der Waals surface area contributed by atoms with Crippen LogP contribution in [0.5, 0.6) is 0 Å². The van der Waals surface area contributed by atoms with Gasteiger partial charge in [0.15, 0.2) is 0 Å². The van der Waals surface area contributed by atoms with Crippen LogP contribution in [-0.4, -0.2) is 37.5 Å². The van der Waals surface area contributed by atoms with Crippen LogP contribution in [0.4, 0.5) is 0 Å². The van der Waals surface area contributed by atoms with Gasteiger partial charge in [-0.05, 0) is 18.4 Å². The van der Waals surface area contributed by atoms with E-state index < -0.39 is 20.9 Å². The van der Waals surface area contributed by atoms with Gasteiger partial charge in [0, 0.05) is 14.1 Å². The normalized spacial score (nSPS) is 20.8. The number of rotatable bonds is 4. The lowest BCUT2D eigenvalue weighted by Crippen LogP contribution is -2.45. The maximum Gasteiger partial charge on any atom is 0.223 e. The molecule has 0 saturated heterocycles. The van der Waals surface area contributed by atoms with Crippen molar-refractivity contribution in [2.45, 2.75) is 43.0 Å². The van der Waals surface area contributed by atoms with Gasteiger partial charge in [-0.15, -0.1) is 0 Å². The fourth-order valence-corrected chi connectivity index (χ4v) is 4.74. The van der Waals surface area contributed by atoms with Gasteiger partial charge in [0.25, 0.3) is 0 Å². The average molecular weight is 297 g/mol. The monoisotopic (exact) mass is 297 g/mol. The van der Waals surface area contributed by atoms with E-state index >= 15 is 0 Å². The summed E-state index contributed by atoms with van der Waals surface area (Å²) in [5.74, 6) is 0. The van der Waals surface area contributed by atoms with Crippen molar-refractivity contribution in [3.05, 3.63) is 35.9 Å². The molecule has 1 saturated carbocycles. The Morgan fingerprint density at radius 1 is 1.10 bits per heavy atom. The van der Waals surface area contributed by atoms with E-state index in [1.165, 1.54) is 18.4 Å². The number of nitrogens with zero attached hydrogens (tertiary/aromatic N) is 1. The number of hydrogen-bond acceptors (Lipinski definition) is 3. The van der Waals surface area contributed by atoms with Crippen LogP contribution in [0.2, 0.25) is 0 Å². The van der Waals surface area contributed by atoms with Crippen molar-refractivity contribution in [1.29, 1.82) is 0 Å². The quantitative estimate of drug-likeness (QED) is 0.928. The fraction of sp³-hybridized carbons (Fsp3) is 0.600. The summed E-state index contributed by atoms with van der Waals surface area (Å²) in [4.78, 5) is 0. The first-order valence-electron chi connectivity index (χ1n) is 7.06. The largest absolute Gasteiger partial charge is 0.388 e. The predicted octanol–water partition coefficient (Wildman–Crippen LogP) is 2.31. The van der Waals surface area contributed by atoms with Crippen LogP contribution in [0.25, 0.3) is 0 Å². The lowest BCUT2D eigenvalue weighted by molar-refractivity contribution is -0.00168. The van der Waals surface area contributed by atoms with Gasteiger partial charge < -0.3 is 5.11 Å². The van der Waals surface area contributed by atoms with E-state index in [4.69, 9.17) is 0 Å². The fourth-order valence-electron chi connectivity index (χ4n) is 3.02. The third-order valence-corrected chi connectivity index (χ3v) is 6.44. The Morgan fingerprint density at radius 2 is 1.65 bits per heavy atom. The zero-order valence-corrected chi connectivity index (χ0v) is 12.9. The zero-order chi connectivity index (χ0) is 14.8. The molecule has 1 aromatic carbocycles. The molecule has 5 heteroatoms. The molecule has 0 radical (unpaired) electrons. The summed E-state index contributed by atoms with van der Waals surface area (Å²) in [5, 5.41) is 10.1. The Balaban J connectivity index is 2.50. The van der Waals surface area contributed by atoms with Crippen LogP contribution in [0.15, 0.2) is 30.3 Å². The first-order valence-corrected chi connectivity index (χ1v) is 8.57. The highest BCUT2D eigenvalue weighted by Crippen LogP contribution is 2.43. The molecule has 112 valence electrons. The van der Waals surface area contributed by atoms with E-state index in [1.807, 2.05) is 18.2 Å². The Hall–Kier alpha value is -0.910. The molecular formula is C15H23NO3S. The van der Waals surface area contributed by atoms with Gasteiger partial charge in [0.1, 0.15) is 5.25 Å². The van der Waals surface area contributed by atoms with Gasteiger partial charge in [-0.3, -0.25) is 0 Å². The third kappa shape index (κ3) is 2.90. The van der Waals surface area contributed by atoms with Crippen molar-refractivity contribution in [3.8, 4) is 0 Å². The van der Waals surface area contributed by atoms with E-state index in [0.29, 0.717) is 18.4 Å². The Kier molecular flexibility index (Phi) is 4.52. The molecule has 1 N–H and O–H groups in total. The Morgan fingerprint density at radius 3 is 2.15 bits per heavy atom. The maximum absolute atomic E-state index is 12.7. The van der Waals surface area contributed by atoms with Gasteiger partial charge in [0.05, 0.1) is 5.60 Å². The first kappa shape index (κ1) is 15.5. The molecule has 1 aromatic rings. The van der Waals surface area contributed by atoms with E-state index in [1.54, 1.807) is 12.1 Å². The van der Waals surface area contributed by atoms with Gasteiger partial charge in [-0.2, -0.15) is 0 Å². The zero-order valence-electron chi connectivity index (χ0n) is 12.1. The summed E-state index contributed by atoms with van der Waals surface area (Å²) in [5.41, 5.74) is -0.492. The highest BCUT2D eigenvalue weighted by atomic mass is 32.2. The molecule has 20 heavy (non-hydrogen) atoms. The van der Waals surface area contributed by atoms with Gasteiger partial charge >= 0.3 is 0 Å². The molecule has 2 rings (SSSR count). The van der Waals surface area contributed by atoms with Crippen LogP contribution >= 0.6 is 0 Å². The highest BCUT2D eigenvalue weighted by molar-refractivity contribution is 7.89. The average Bonchev–Trinajstić information content (AvgIpc) is 2.40. The molecule has 1 fully saturated rings. The minimum atomic E-state index is -3.57. The molecule has 0 heterocycles. The van der Waals surface area contributed by atoms with E-state index in [0.717, 1.165) is 19.3 Å². The van der Waals surface area contributed by atoms with Crippen LogP contribution in [0, 0.1) is 0 Å². The second-order valence-electron chi connectivity index (χ2n) is 5.78. The minimum Gasteiger partial charge on any atom is -0.388 e. The Labute approximate surface area is 121 Å². The molecule has 0 bridgehead atoms. The summed E-state index contributed by atoms with van der Waals surface area (Å²) < 4.78 is 26.6. The summed E-state index contributed by atoms with van der Waals surface area (Å²) >= 11 is 0. The van der Waals surface area contributed by atoms with Crippen LogP contribution in [0.3, 0.4) is 0 Å². The lowest BCUT2D eigenvalue weighted by Gasteiger charge is -2.39. The van der Waals surface area contributed by atoms with E-state index in [-0.39, 0.29) is 0 Å². The van der Waals surface area contributed by atoms with Gasteiger partial charge in [-0.1, -0.05) is 49.6 Å². The number of benzene rings is 1. The Bertz CT molecular complexity index is 533. The smallest absolute Gasteiger partial charge is 0.223 e. The summed E-state index contributed by atoms with van der Waals surface area (Å²) in [6.45, 7) is 0. The predicted molar refractivity (Wildman–Crippen MR) is 79.8 cm³/mol. The first-order chi connectivity index (χ1) is 9.38. The number of aliphatic hydroxyl groups is 1. The number of sulfonamides is 1. The molecule has 0 amide bonds. The molecule has 0 aliphatic heterocycles. The molecule has 1 aliphatic carbocycles. The van der Waals surface area contributed by atoms with Crippen LogP contribution < -0.4 is 0 Å². The van der Waals surface area contributed by atoms with E-state index in [2.05, 4.69) is 0 Å². The summed E-state index contributed by atoms with van der Waals surface area (Å²) in [6.07, 6.45) is 3.90. The molecule has 0 aromatic heterocycles. The third-order valence-electron chi connectivity index (χ3n) is 4.12. The lowest BCUT2D eigenvalue weighted by atomic mass is 9.80. The minimum absolute atomic E-state index is 0.541. The standard InChI is InChI=1S/C15H23NO3S/c1-16(2)20(18,19)14(13-9-5-3-6-10-13)15(17)11-7-4-8-12-15/h3,5-6,9-10,14,17H,4,7-8,11-12H2,1-2H3. The van der Waals surface area contributed by atoms with Gasteiger partial charge in [0.2, 0.25) is 10.0 Å². The molecule has 1 atom stereocenters. The molecule has 4 nitrogen and oxygen atoms in total. The molecule has 1 unspecified atom stereocenters. The van der Waals surface area contributed by atoms with Crippen molar-refractivity contribution < 1.29 is 13.5 Å². The summed E-state index contributed by atoms with van der Waals surface area (Å²) in [7, 11) is -0.516. The van der Waals surface area contributed by atoms with Crippen molar-refractivity contribution in [1.82, 2.24) is 4.31 Å². The molecule has 0 spiro atoms. The van der Waals surface area contributed by atoms with Crippen molar-refractivity contribution in [2.24, 2.45) is 0 Å². The second-order valence-corrected chi connectivity index (χ2v) is 8.01. The highest BCUT2D eigenvalue weighted by Gasteiger charge is 2.47.